The molecule has 2 aromatic carbocycles. The van der Waals surface area contributed by atoms with Gasteiger partial charge in [-0.2, -0.15) is 0 Å². The lowest BCUT2D eigenvalue weighted by molar-refractivity contribution is -0.140. The number of aliphatic carboxylic acids is 1. The monoisotopic (exact) mass is 352 g/mol. The highest BCUT2D eigenvalue weighted by Crippen LogP contribution is 2.49. The Labute approximate surface area is 154 Å². The summed E-state index contributed by atoms with van der Waals surface area (Å²) in [5, 5.41) is 9.39. The summed E-state index contributed by atoms with van der Waals surface area (Å²) in [5.41, 5.74) is 2.48. The highest BCUT2D eigenvalue weighted by Gasteiger charge is 2.51. The zero-order chi connectivity index (χ0) is 18.1. The summed E-state index contributed by atoms with van der Waals surface area (Å²) < 4.78 is 14.7. The molecule has 3 heteroatoms. The Morgan fingerprint density at radius 2 is 1.62 bits per heavy atom. The predicted molar refractivity (Wildman–Crippen MR) is 101 cm³/mol. The molecule has 2 nitrogen and oxygen atoms in total. The van der Waals surface area contributed by atoms with E-state index in [-0.39, 0.29) is 5.82 Å². The molecule has 2 fully saturated rings. The quantitative estimate of drug-likeness (QED) is 0.680. The minimum atomic E-state index is -0.858. The average molecular weight is 352 g/mol. The maximum atomic E-state index is 14.7. The Balaban J connectivity index is 1.57. The first-order chi connectivity index (χ1) is 12.6. The van der Waals surface area contributed by atoms with Crippen LogP contribution in [0.3, 0.4) is 0 Å². The predicted octanol–water partition coefficient (Wildman–Crippen LogP) is 6.05. The molecule has 2 saturated carbocycles. The van der Waals surface area contributed by atoms with E-state index in [1.54, 1.807) is 12.1 Å². The van der Waals surface area contributed by atoms with Gasteiger partial charge in [0.2, 0.25) is 0 Å². The number of rotatable bonds is 4. The highest BCUT2D eigenvalue weighted by molar-refractivity contribution is 5.85. The van der Waals surface area contributed by atoms with Gasteiger partial charge in [0.1, 0.15) is 5.82 Å². The molecule has 0 atom stereocenters. The van der Waals surface area contributed by atoms with Crippen molar-refractivity contribution in [3.8, 4) is 11.1 Å². The third-order valence-corrected chi connectivity index (χ3v) is 6.23. The maximum Gasteiger partial charge on any atom is 0.314 e. The van der Waals surface area contributed by atoms with Gasteiger partial charge in [-0.15, -0.1) is 0 Å². The molecule has 0 spiro atoms. The van der Waals surface area contributed by atoms with Gasteiger partial charge in [-0.25, -0.2) is 4.39 Å². The van der Waals surface area contributed by atoms with Crippen molar-refractivity contribution in [2.24, 2.45) is 0 Å². The smallest absolute Gasteiger partial charge is 0.314 e. The molecule has 4 rings (SSSR count). The Morgan fingerprint density at radius 3 is 2.15 bits per heavy atom. The van der Waals surface area contributed by atoms with Gasteiger partial charge in [-0.1, -0.05) is 62.1 Å². The van der Waals surface area contributed by atoms with Gasteiger partial charge in [0.25, 0.3) is 0 Å². The summed E-state index contributed by atoms with van der Waals surface area (Å²) in [5.74, 6) is -0.557. The average Bonchev–Trinajstić information content (AvgIpc) is 3.47. The van der Waals surface area contributed by atoms with Crippen LogP contribution in [0.2, 0.25) is 0 Å². The Kier molecular flexibility index (Phi) is 4.56. The van der Waals surface area contributed by atoms with Crippen LogP contribution in [0.25, 0.3) is 11.1 Å². The van der Waals surface area contributed by atoms with Gasteiger partial charge in [0.05, 0.1) is 5.41 Å². The fraction of sp³-hybridized carbons (Fsp3) is 0.435. The van der Waals surface area contributed by atoms with Crippen molar-refractivity contribution in [2.75, 3.05) is 0 Å². The molecule has 136 valence electrons. The number of hydrogen-bond donors (Lipinski definition) is 1. The minimum Gasteiger partial charge on any atom is -0.481 e. The second kappa shape index (κ2) is 6.86. The number of carbonyl (C=O) groups is 1. The second-order valence-electron chi connectivity index (χ2n) is 7.89. The van der Waals surface area contributed by atoms with E-state index >= 15 is 0 Å². The van der Waals surface area contributed by atoms with Crippen LogP contribution in [-0.4, -0.2) is 11.1 Å². The molecule has 0 saturated heterocycles. The molecule has 0 aromatic heterocycles. The van der Waals surface area contributed by atoms with E-state index in [2.05, 4.69) is 12.1 Å². The molecular weight excluding hydrogens is 327 g/mol. The van der Waals surface area contributed by atoms with E-state index in [9.17, 15) is 14.3 Å². The Bertz CT molecular complexity index is 797. The van der Waals surface area contributed by atoms with Gasteiger partial charge < -0.3 is 5.11 Å². The lowest BCUT2D eigenvalue weighted by atomic mass is 9.89. The van der Waals surface area contributed by atoms with Crippen LogP contribution in [0.4, 0.5) is 4.39 Å². The van der Waals surface area contributed by atoms with Crippen molar-refractivity contribution < 1.29 is 14.3 Å². The molecular formula is C23H25FO2. The Morgan fingerprint density at radius 1 is 0.962 bits per heavy atom. The minimum absolute atomic E-state index is 0.336. The fourth-order valence-corrected chi connectivity index (χ4v) is 4.35. The molecule has 0 bridgehead atoms. The molecule has 2 aromatic rings. The SMILES string of the molecule is O=C(O)C1(c2ccc(-c3ccc(C4CCCCCC4)cc3)c(F)c2)CC1. The summed E-state index contributed by atoms with van der Waals surface area (Å²) in [4.78, 5) is 11.4. The van der Waals surface area contributed by atoms with E-state index in [4.69, 9.17) is 0 Å². The first kappa shape index (κ1) is 17.3. The molecule has 1 N–H and O–H groups in total. The van der Waals surface area contributed by atoms with Crippen molar-refractivity contribution in [2.45, 2.75) is 62.7 Å². The molecule has 0 aliphatic heterocycles. The van der Waals surface area contributed by atoms with Crippen LogP contribution in [0, 0.1) is 5.82 Å². The van der Waals surface area contributed by atoms with Crippen LogP contribution in [0.1, 0.15) is 68.4 Å². The molecule has 0 unspecified atom stereocenters. The van der Waals surface area contributed by atoms with Crippen molar-refractivity contribution in [3.63, 3.8) is 0 Å². The topological polar surface area (TPSA) is 37.3 Å². The van der Waals surface area contributed by atoms with Gasteiger partial charge in [0, 0.05) is 5.56 Å². The van der Waals surface area contributed by atoms with E-state index in [1.807, 2.05) is 12.1 Å². The normalized spacial score (nSPS) is 19.7. The van der Waals surface area contributed by atoms with Crippen LogP contribution >= 0.6 is 0 Å². The van der Waals surface area contributed by atoms with Crippen molar-refractivity contribution in [1.82, 2.24) is 0 Å². The number of hydrogen-bond acceptors (Lipinski definition) is 1. The molecule has 2 aliphatic carbocycles. The van der Waals surface area contributed by atoms with Gasteiger partial charge in [0.15, 0.2) is 0 Å². The maximum absolute atomic E-state index is 14.7. The molecule has 2 aliphatic rings. The Hall–Kier alpha value is -2.16. The summed E-state index contributed by atoms with van der Waals surface area (Å²) in [6, 6.07) is 13.2. The zero-order valence-corrected chi connectivity index (χ0v) is 15.0. The van der Waals surface area contributed by atoms with Crippen LogP contribution in [0.5, 0.6) is 0 Å². The van der Waals surface area contributed by atoms with Crippen molar-refractivity contribution in [3.05, 3.63) is 59.4 Å². The molecule has 26 heavy (non-hydrogen) atoms. The van der Waals surface area contributed by atoms with Gasteiger partial charge in [-0.05, 0) is 54.4 Å². The van der Waals surface area contributed by atoms with Gasteiger partial charge in [-0.3, -0.25) is 4.79 Å². The van der Waals surface area contributed by atoms with Crippen LogP contribution in [0.15, 0.2) is 42.5 Å². The van der Waals surface area contributed by atoms with E-state index < -0.39 is 11.4 Å². The van der Waals surface area contributed by atoms with Crippen molar-refractivity contribution >= 4 is 5.97 Å². The second-order valence-corrected chi connectivity index (χ2v) is 7.89. The number of benzene rings is 2. The van der Waals surface area contributed by atoms with E-state index in [0.29, 0.717) is 29.9 Å². The van der Waals surface area contributed by atoms with Crippen LogP contribution in [-0.2, 0) is 10.2 Å². The summed E-state index contributed by atoms with van der Waals surface area (Å²) in [6.45, 7) is 0. The third-order valence-electron chi connectivity index (χ3n) is 6.23. The first-order valence-electron chi connectivity index (χ1n) is 9.74. The third kappa shape index (κ3) is 3.15. The van der Waals surface area contributed by atoms with Crippen LogP contribution < -0.4 is 0 Å². The lowest BCUT2D eigenvalue weighted by Gasteiger charge is -2.16. The highest BCUT2D eigenvalue weighted by atomic mass is 19.1. The van der Waals surface area contributed by atoms with Crippen molar-refractivity contribution in [1.29, 1.82) is 0 Å². The summed E-state index contributed by atoms with van der Waals surface area (Å²) in [6.07, 6.45) is 8.96. The number of halogens is 1. The number of carboxylic acid groups (broad SMARTS) is 1. The molecule has 0 amide bonds. The largest absolute Gasteiger partial charge is 0.481 e. The van der Waals surface area contributed by atoms with E-state index in [0.717, 1.165) is 5.56 Å². The molecule has 0 heterocycles. The van der Waals surface area contributed by atoms with Gasteiger partial charge >= 0.3 is 5.97 Å². The fourth-order valence-electron chi connectivity index (χ4n) is 4.35. The zero-order valence-electron chi connectivity index (χ0n) is 15.0. The lowest BCUT2D eigenvalue weighted by Crippen LogP contribution is -2.19. The molecule has 0 radical (unpaired) electrons. The first-order valence-corrected chi connectivity index (χ1v) is 9.74. The van der Waals surface area contributed by atoms with E-state index in [1.165, 1.54) is 50.2 Å². The summed E-state index contributed by atoms with van der Waals surface area (Å²) in [7, 11) is 0. The standard InChI is InChI=1S/C23H25FO2/c24-21-15-19(23(13-14-23)22(25)26)11-12-20(21)18-9-7-17(8-10-18)16-5-3-1-2-4-6-16/h7-12,15-16H,1-6,13-14H2,(H,25,26). The summed E-state index contributed by atoms with van der Waals surface area (Å²) >= 11 is 0. The number of carboxylic acids is 1.